The normalized spacial score (nSPS) is 13.1. The molecule has 1 atom stereocenters. The van der Waals surface area contributed by atoms with Gasteiger partial charge in [0.05, 0.1) is 0 Å². The van der Waals surface area contributed by atoms with Crippen LogP contribution in [0.3, 0.4) is 0 Å². The summed E-state index contributed by atoms with van der Waals surface area (Å²) in [5.41, 5.74) is 1.00. The molecule has 0 saturated heterocycles. The van der Waals surface area contributed by atoms with Crippen molar-refractivity contribution in [2.24, 2.45) is 0 Å². The summed E-state index contributed by atoms with van der Waals surface area (Å²) < 4.78 is 2.29. The van der Waals surface area contributed by atoms with E-state index in [1.165, 1.54) is 9.58 Å². The van der Waals surface area contributed by atoms with Crippen LogP contribution in [-0.2, 0) is 0 Å². The lowest BCUT2D eigenvalue weighted by Gasteiger charge is -2.07. The molecule has 1 aromatic carbocycles. The van der Waals surface area contributed by atoms with E-state index in [0.29, 0.717) is 0 Å². The first-order valence-electron chi connectivity index (χ1n) is 5.57. The summed E-state index contributed by atoms with van der Waals surface area (Å²) in [6.07, 6.45) is -0.531. The van der Waals surface area contributed by atoms with Gasteiger partial charge in [0, 0.05) is 24.5 Å². The SMILES string of the molecule is Cc1sc(C(O)c2csc3ccccc23)cc1Br. The first-order chi connectivity index (χ1) is 8.66. The fraction of sp³-hybridized carbons (Fsp3) is 0.143. The maximum Gasteiger partial charge on any atom is 0.115 e. The third-order valence-electron chi connectivity index (χ3n) is 2.95. The van der Waals surface area contributed by atoms with Gasteiger partial charge in [-0.15, -0.1) is 22.7 Å². The average Bonchev–Trinajstić information content (AvgIpc) is 2.93. The fourth-order valence-corrected chi connectivity index (χ4v) is 4.53. The highest BCUT2D eigenvalue weighted by Gasteiger charge is 2.17. The first-order valence-corrected chi connectivity index (χ1v) is 8.06. The van der Waals surface area contributed by atoms with Crippen molar-refractivity contribution in [3.63, 3.8) is 0 Å². The highest BCUT2D eigenvalue weighted by atomic mass is 79.9. The monoisotopic (exact) mass is 338 g/mol. The molecule has 1 nitrogen and oxygen atoms in total. The van der Waals surface area contributed by atoms with Crippen molar-refractivity contribution in [3.8, 4) is 0 Å². The molecule has 1 N–H and O–H groups in total. The number of aliphatic hydroxyl groups is 1. The van der Waals surface area contributed by atoms with Crippen LogP contribution < -0.4 is 0 Å². The molecule has 4 heteroatoms. The highest BCUT2D eigenvalue weighted by molar-refractivity contribution is 9.10. The predicted octanol–water partition coefficient (Wildman–Crippen LogP) is 5.12. The van der Waals surface area contributed by atoms with Crippen molar-refractivity contribution in [1.82, 2.24) is 0 Å². The van der Waals surface area contributed by atoms with Gasteiger partial charge in [-0.3, -0.25) is 0 Å². The molecule has 0 spiro atoms. The molecule has 1 unspecified atom stereocenters. The van der Waals surface area contributed by atoms with Crippen LogP contribution in [0.25, 0.3) is 10.1 Å². The van der Waals surface area contributed by atoms with E-state index in [9.17, 15) is 5.11 Å². The molecule has 3 rings (SSSR count). The molecule has 18 heavy (non-hydrogen) atoms. The highest BCUT2D eigenvalue weighted by Crippen LogP contribution is 2.38. The van der Waals surface area contributed by atoms with E-state index in [1.54, 1.807) is 22.7 Å². The molecule has 0 aliphatic heterocycles. The van der Waals surface area contributed by atoms with Crippen molar-refractivity contribution in [1.29, 1.82) is 0 Å². The van der Waals surface area contributed by atoms with Crippen LogP contribution in [0.2, 0.25) is 0 Å². The molecule has 0 saturated carbocycles. The first kappa shape index (κ1) is 12.4. The summed E-state index contributed by atoms with van der Waals surface area (Å²) in [7, 11) is 0. The zero-order valence-electron chi connectivity index (χ0n) is 9.68. The van der Waals surface area contributed by atoms with Crippen LogP contribution >= 0.6 is 38.6 Å². The second-order valence-electron chi connectivity index (χ2n) is 4.14. The van der Waals surface area contributed by atoms with Crippen LogP contribution in [-0.4, -0.2) is 5.11 Å². The van der Waals surface area contributed by atoms with E-state index in [2.05, 4.69) is 40.4 Å². The minimum absolute atomic E-state index is 0.531. The summed E-state index contributed by atoms with van der Waals surface area (Å²) in [4.78, 5) is 2.19. The van der Waals surface area contributed by atoms with Crippen molar-refractivity contribution < 1.29 is 5.11 Å². The molecule has 2 heterocycles. The van der Waals surface area contributed by atoms with E-state index in [4.69, 9.17) is 0 Å². The average molecular weight is 339 g/mol. The lowest BCUT2D eigenvalue weighted by atomic mass is 10.1. The molecule has 0 bridgehead atoms. The van der Waals surface area contributed by atoms with Crippen molar-refractivity contribution >= 4 is 48.7 Å². The molecule has 2 aromatic heterocycles. The summed E-state index contributed by atoms with van der Waals surface area (Å²) in [6, 6.07) is 10.2. The second kappa shape index (κ2) is 4.78. The Morgan fingerprint density at radius 1 is 1.28 bits per heavy atom. The van der Waals surface area contributed by atoms with E-state index in [0.717, 1.165) is 20.3 Å². The topological polar surface area (TPSA) is 20.2 Å². The van der Waals surface area contributed by atoms with Gasteiger partial charge in [-0.2, -0.15) is 0 Å². The van der Waals surface area contributed by atoms with Gasteiger partial charge in [0.25, 0.3) is 0 Å². The van der Waals surface area contributed by atoms with Gasteiger partial charge in [-0.1, -0.05) is 18.2 Å². The summed E-state index contributed by atoms with van der Waals surface area (Å²) in [6.45, 7) is 2.05. The quantitative estimate of drug-likeness (QED) is 0.687. The Bertz CT molecular complexity index is 679. The number of thiophene rings is 2. The van der Waals surface area contributed by atoms with Gasteiger partial charge in [0.1, 0.15) is 6.10 Å². The Hall–Kier alpha value is -0.680. The van der Waals surface area contributed by atoms with E-state index in [-0.39, 0.29) is 0 Å². The van der Waals surface area contributed by atoms with Crippen molar-refractivity contribution in [2.75, 3.05) is 0 Å². The van der Waals surface area contributed by atoms with Gasteiger partial charge < -0.3 is 5.11 Å². The lowest BCUT2D eigenvalue weighted by molar-refractivity contribution is 0.226. The van der Waals surface area contributed by atoms with Crippen LogP contribution in [0.1, 0.15) is 21.4 Å². The smallest absolute Gasteiger partial charge is 0.115 e. The number of fused-ring (bicyclic) bond motifs is 1. The van der Waals surface area contributed by atoms with Gasteiger partial charge in [0.15, 0.2) is 0 Å². The minimum Gasteiger partial charge on any atom is -0.383 e. The zero-order chi connectivity index (χ0) is 12.7. The third kappa shape index (κ3) is 2.03. The maximum atomic E-state index is 10.5. The van der Waals surface area contributed by atoms with E-state index in [1.807, 2.05) is 18.2 Å². The molecule has 0 amide bonds. The fourth-order valence-electron chi connectivity index (χ4n) is 1.98. The molecular formula is C14H11BrOS2. The molecular weight excluding hydrogens is 328 g/mol. The largest absolute Gasteiger partial charge is 0.383 e. The lowest BCUT2D eigenvalue weighted by Crippen LogP contribution is -1.95. The number of halogens is 1. The van der Waals surface area contributed by atoms with Crippen molar-refractivity contribution in [3.05, 3.63) is 55.5 Å². The number of hydrogen-bond donors (Lipinski definition) is 1. The Kier molecular flexibility index (Phi) is 3.28. The number of rotatable bonds is 2. The number of aliphatic hydroxyl groups excluding tert-OH is 1. The van der Waals surface area contributed by atoms with Gasteiger partial charge in [-0.25, -0.2) is 0 Å². The molecule has 0 fully saturated rings. The minimum atomic E-state index is -0.531. The number of benzene rings is 1. The Morgan fingerprint density at radius 3 is 2.78 bits per heavy atom. The van der Waals surface area contributed by atoms with Gasteiger partial charge in [0.2, 0.25) is 0 Å². The standard InChI is InChI=1S/C14H11BrOS2/c1-8-11(15)6-13(18-8)14(16)10-7-17-12-5-3-2-4-9(10)12/h2-7,14,16H,1H3. The van der Waals surface area contributed by atoms with Gasteiger partial charge in [-0.05, 0) is 45.8 Å². The second-order valence-corrected chi connectivity index (χ2v) is 7.20. The number of hydrogen-bond acceptors (Lipinski definition) is 3. The van der Waals surface area contributed by atoms with Crippen LogP contribution in [0.4, 0.5) is 0 Å². The van der Waals surface area contributed by atoms with Crippen LogP contribution in [0.5, 0.6) is 0 Å². The third-order valence-corrected chi connectivity index (χ3v) is 6.12. The Labute approximate surface area is 122 Å². The summed E-state index contributed by atoms with van der Waals surface area (Å²) >= 11 is 6.82. The van der Waals surface area contributed by atoms with E-state index < -0.39 is 6.10 Å². The number of aryl methyl sites for hydroxylation is 1. The Balaban J connectivity index is 2.09. The molecule has 0 aliphatic rings. The zero-order valence-corrected chi connectivity index (χ0v) is 12.9. The van der Waals surface area contributed by atoms with Crippen molar-refractivity contribution in [2.45, 2.75) is 13.0 Å². The molecule has 3 aromatic rings. The van der Waals surface area contributed by atoms with Crippen LogP contribution in [0, 0.1) is 6.92 Å². The molecule has 0 radical (unpaired) electrons. The van der Waals surface area contributed by atoms with E-state index >= 15 is 0 Å². The Morgan fingerprint density at radius 2 is 2.06 bits per heavy atom. The van der Waals surface area contributed by atoms with Crippen LogP contribution in [0.15, 0.2) is 40.2 Å². The maximum absolute atomic E-state index is 10.5. The summed E-state index contributed by atoms with van der Waals surface area (Å²) in [5.74, 6) is 0. The van der Waals surface area contributed by atoms with Gasteiger partial charge >= 0.3 is 0 Å². The molecule has 0 aliphatic carbocycles. The molecule has 92 valence electrons. The predicted molar refractivity (Wildman–Crippen MR) is 82.6 cm³/mol. The summed E-state index contributed by atoms with van der Waals surface area (Å²) in [5, 5.41) is 13.7.